The molecule has 0 aliphatic heterocycles. The summed E-state index contributed by atoms with van der Waals surface area (Å²) in [5, 5.41) is 13.3. The Morgan fingerprint density at radius 2 is 2.28 bits per heavy atom. The fraction of sp³-hybridized carbons (Fsp3) is 0.231. The normalized spacial score (nSPS) is 10.7. The molecule has 0 radical (unpaired) electrons. The molecule has 0 spiro atoms. The van der Waals surface area contributed by atoms with Gasteiger partial charge in [0.1, 0.15) is 5.82 Å². The van der Waals surface area contributed by atoms with E-state index < -0.39 is 5.97 Å². The summed E-state index contributed by atoms with van der Waals surface area (Å²) in [5.74, 6) is -1.28. The van der Waals surface area contributed by atoms with E-state index in [1.165, 1.54) is 12.3 Å². The molecule has 94 valence electrons. The summed E-state index contributed by atoms with van der Waals surface area (Å²) in [4.78, 5) is 10.6. The minimum absolute atomic E-state index is 0.178. The smallest absolute Gasteiger partial charge is 0.330 e. The lowest BCUT2D eigenvalue weighted by Gasteiger charge is -2.03. The summed E-state index contributed by atoms with van der Waals surface area (Å²) in [6, 6.07) is 4.81. The van der Waals surface area contributed by atoms with Gasteiger partial charge in [0.05, 0.1) is 17.1 Å². The van der Waals surface area contributed by atoms with Crippen molar-refractivity contribution in [1.82, 2.24) is 9.78 Å². The van der Waals surface area contributed by atoms with Crippen molar-refractivity contribution in [3.63, 3.8) is 0 Å². The van der Waals surface area contributed by atoms with Gasteiger partial charge in [-0.3, -0.25) is 4.68 Å². The number of benzene rings is 1. The molecule has 2 rings (SSSR count). The number of aryl methyl sites for hydroxylation is 1. The minimum Gasteiger partial charge on any atom is -0.478 e. The van der Waals surface area contributed by atoms with Crippen LogP contribution in [0, 0.1) is 5.82 Å². The van der Waals surface area contributed by atoms with Gasteiger partial charge >= 0.3 is 5.97 Å². The van der Waals surface area contributed by atoms with Gasteiger partial charge in [-0.15, -0.1) is 0 Å². The van der Waals surface area contributed by atoms with Crippen molar-refractivity contribution in [3.05, 3.63) is 42.4 Å². The molecule has 1 N–H and O–H groups in total. The second-order valence-corrected chi connectivity index (χ2v) is 4.05. The summed E-state index contributed by atoms with van der Waals surface area (Å²) < 4.78 is 15.1. The highest BCUT2D eigenvalue weighted by Gasteiger charge is 2.07. The fourth-order valence-electron chi connectivity index (χ4n) is 1.80. The molecule has 0 aliphatic carbocycles. The van der Waals surface area contributed by atoms with Crippen LogP contribution in [0.4, 0.5) is 4.39 Å². The first-order valence-corrected chi connectivity index (χ1v) is 5.60. The highest BCUT2D eigenvalue weighted by atomic mass is 19.1. The maximum Gasteiger partial charge on any atom is 0.330 e. The average molecular weight is 248 g/mol. The predicted molar refractivity (Wildman–Crippen MR) is 65.7 cm³/mol. The fourth-order valence-corrected chi connectivity index (χ4v) is 1.80. The van der Waals surface area contributed by atoms with Crippen LogP contribution in [0.5, 0.6) is 0 Å². The third kappa shape index (κ3) is 2.40. The van der Waals surface area contributed by atoms with E-state index >= 15 is 0 Å². The SMILES string of the molecule is C=C(CCCn1ncc2c(F)cccc21)C(=O)O. The molecule has 0 bridgehead atoms. The molecular weight excluding hydrogens is 235 g/mol. The lowest BCUT2D eigenvalue weighted by atomic mass is 10.1. The van der Waals surface area contributed by atoms with Crippen LogP contribution in [0.1, 0.15) is 12.8 Å². The molecule has 5 heteroatoms. The van der Waals surface area contributed by atoms with E-state index in [4.69, 9.17) is 5.11 Å². The monoisotopic (exact) mass is 248 g/mol. The largest absolute Gasteiger partial charge is 0.478 e. The molecule has 0 aliphatic rings. The van der Waals surface area contributed by atoms with Crippen molar-refractivity contribution in [1.29, 1.82) is 0 Å². The zero-order chi connectivity index (χ0) is 13.1. The molecule has 0 amide bonds. The van der Waals surface area contributed by atoms with Crippen LogP contribution in [0.2, 0.25) is 0 Å². The highest BCUT2D eigenvalue weighted by molar-refractivity contribution is 5.85. The summed E-state index contributed by atoms with van der Waals surface area (Å²) >= 11 is 0. The number of halogens is 1. The Balaban J connectivity index is 2.07. The molecule has 1 aromatic heterocycles. The van der Waals surface area contributed by atoms with Crippen LogP contribution < -0.4 is 0 Å². The van der Waals surface area contributed by atoms with E-state index in [9.17, 15) is 9.18 Å². The van der Waals surface area contributed by atoms with Crippen LogP contribution in [-0.4, -0.2) is 20.9 Å². The Labute approximate surface area is 103 Å². The van der Waals surface area contributed by atoms with E-state index in [-0.39, 0.29) is 11.4 Å². The van der Waals surface area contributed by atoms with Gasteiger partial charge in [0.2, 0.25) is 0 Å². The van der Waals surface area contributed by atoms with E-state index in [0.29, 0.717) is 24.8 Å². The molecule has 1 heterocycles. The first-order valence-electron chi connectivity index (χ1n) is 5.60. The molecule has 4 nitrogen and oxygen atoms in total. The summed E-state index contributed by atoms with van der Waals surface area (Å²) in [5.41, 5.74) is 0.897. The molecule has 18 heavy (non-hydrogen) atoms. The summed E-state index contributed by atoms with van der Waals surface area (Å²) in [6.45, 7) is 4.00. The summed E-state index contributed by atoms with van der Waals surface area (Å²) in [7, 11) is 0. The number of carboxylic acids is 1. The van der Waals surface area contributed by atoms with Gasteiger partial charge in [0.25, 0.3) is 0 Å². The molecule has 0 saturated carbocycles. The van der Waals surface area contributed by atoms with Crippen molar-refractivity contribution >= 4 is 16.9 Å². The van der Waals surface area contributed by atoms with Crippen molar-refractivity contribution in [2.75, 3.05) is 0 Å². The van der Waals surface area contributed by atoms with Crippen molar-refractivity contribution in [2.45, 2.75) is 19.4 Å². The average Bonchev–Trinajstić information content (AvgIpc) is 2.74. The maximum absolute atomic E-state index is 13.4. The molecule has 2 aromatic rings. The maximum atomic E-state index is 13.4. The number of aliphatic carboxylic acids is 1. The van der Waals surface area contributed by atoms with Gasteiger partial charge in [-0.25, -0.2) is 9.18 Å². The molecule has 0 fully saturated rings. The number of carbonyl (C=O) groups is 1. The number of hydrogen-bond donors (Lipinski definition) is 1. The molecule has 0 unspecified atom stereocenters. The molecule has 1 aromatic carbocycles. The van der Waals surface area contributed by atoms with Crippen molar-refractivity contribution < 1.29 is 14.3 Å². The third-order valence-electron chi connectivity index (χ3n) is 2.79. The minimum atomic E-state index is -0.980. The van der Waals surface area contributed by atoms with Crippen molar-refractivity contribution in [3.8, 4) is 0 Å². The zero-order valence-corrected chi connectivity index (χ0v) is 9.77. The lowest BCUT2D eigenvalue weighted by molar-refractivity contribution is -0.132. The third-order valence-corrected chi connectivity index (χ3v) is 2.79. The Bertz CT molecular complexity index is 604. The van der Waals surface area contributed by atoms with E-state index in [1.807, 2.05) is 0 Å². The Kier molecular flexibility index (Phi) is 3.41. The Morgan fingerprint density at radius 3 is 3.00 bits per heavy atom. The molecule has 0 saturated heterocycles. The van der Waals surface area contributed by atoms with E-state index in [2.05, 4.69) is 11.7 Å². The van der Waals surface area contributed by atoms with Gasteiger partial charge in [-0.05, 0) is 25.0 Å². The van der Waals surface area contributed by atoms with Gasteiger partial charge in [-0.1, -0.05) is 12.6 Å². The Hall–Kier alpha value is -2.17. The molecular formula is C13H13FN2O2. The number of rotatable bonds is 5. The summed E-state index contributed by atoms with van der Waals surface area (Å²) in [6.07, 6.45) is 2.49. The van der Waals surface area contributed by atoms with E-state index in [0.717, 1.165) is 5.52 Å². The van der Waals surface area contributed by atoms with Crippen LogP contribution >= 0.6 is 0 Å². The number of nitrogens with zero attached hydrogens (tertiary/aromatic N) is 2. The van der Waals surface area contributed by atoms with Crippen LogP contribution in [-0.2, 0) is 11.3 Å². The number of hydrogen-bond acceptors (Lipinski definition) is 2. The van der Waals surface area contributed by atoms with Gasteiger partial charge < -0.3 is 5.11 Å². The number of fused-ring (bicyclic) bond motifs is 1. The van der Waals surface area contributed by atoms with Crippen LogP contribution in [0.25, 0.3) is 10.9 Å². The first kappa shape index (κ1) is 12.3. The van der Waals surface area contributed by atoms with Gasteiger partial charge in [-0.2, -0.15) is 5.10 Å². The second-order valence-electron chi connectivity index (χ2n) is 4.05. The van der Waals surface area contributed by atoms with Gasteiger partial charge in [0, 0.05) is 12.1 Å². The zero-order valence-electron chi connectivity index (χ0n) is 9.77. The number of carboxylic acid groups (broad SMARTS) is 1. The Morgan fingerprint density at radius 1 is 1.50 bits per heavy atom. The highest BCUT2D eigenvalue weighted by Crippen LogP contribution is 2.17. The topological polar surface area (TPSA) is 55.1 Å². The predicted octanol–water partition coefficient (Wildman–Crippen LogP) is 2.60. The van der Waals surface area contributed by atoms with E-state index in [1.54, 1.807) is 16.8 Å². The number of aromatic nitrogens is 2. The quantitative estimate of drug-likeness (QED) is 0.827. The standard InChI is InChI=1S/C13H13FN2O2/c1-9(13(17)18)4-3-7-16-12-6-2-5-11(14)10(12)8-15-16/h2,5-6,8H,1,3-4,7H2,(H,17,18). The molecule has 0 atom stereocenters. The van der Waals surface area contributed by atoms with Crippen molar-refractivity contribution in [2.24, 2.45) is 0 Å². The van der Waals surface area contributed by atoms with Crippen LogP contribution in [0.15, 0.2) is 36.5 Å². The van der Waals surface area contributed by atoms with Crippen LogP contribution in [0.3, 0.4) is 0 Å². The van der Waals surface area contributed by atoms with Gasteiger partial charge in [0.15, 0.2) is 0 Å². The second kappa shape index (κ2) is 5.00. The lowest BCUT2D eigenvalue weighted by Crippen LogP contribution is -2.03. The first-order chi connectivity index (χ1) is 8.59.